The van der Waals surface area contributed by atoms with E-state index in [1.54, 1.807) is 12.1 Å². The van der Waals surface area contributed by atoms with E-state index in [1.807, 2.05) is 0 Å². The van der Waals surface area contributed by atoms with Crippen molar-refractivity contribution in [2.24, 2.45) is 0 Å². The van der Waals surface area contributed by atoms with E-state index in [0.717, 1.165) is 6.07 Å². The minimum atomic E-state index is -0.697. The van der Waals surface area contributed by atoms with Crippen LogP contribution in [0.3, 0.4) is 0 Å². The Balaban J connectivity index is 2.61. The molecule has 0 N–H and O–H groups in total. The maximum absolute atomic E-state index is 13.7. The van der Waals surface area contributed by atoms with Crippen LogP contribution in [0.4, 0.5) is 4.39 Å². The summed E-state index contributed by atoms with van der Waals surface area (Å²) in [5, 5.41) is 0.117. The lowest BCUT2D eigenvalue weighted by Crippen LogP contribution is -2.04. The highest BCUT2D eigenvalue weighted by atomic mass is 35.5. The first-order valence-corrected chi connectivity index (χ1v) is 6.02. The molecule has 20 heavy (non-hydrogen) atoms. The van der Waals surface area contributed by atoms with Gasteiger partial charge in [0.15, 0.2) is 0 Å². The molecule has 0 radical (unpaired) electrons. The predicted molar refractivity (Wildman–Crippen MR) is 72.5 cm³/mol. The van der Waals surface area contributed by atoms with E-state index in [-0.39, 0.29) is 10.6 Å². The number of pyridine rings is 1. The van der Waals surface area contributed by atoms with Crippen molar-refractivity contribution < 1.29 is 18.7 Å². The van der Waals surface area contributed by atoms with Crippen molar-refractivity contribution in [1.29, 1.82) is 0 Å². The Hall–Kier alpha value is -2.14. The molecule has 0 amide bonds. The summed E-state index contributed by atoms with van der Waals surface area (Å²) in [5.74, 6) is -0.917. The molecule has 0 saturated carbocycles. The molecule has 2 rings (SSSR count). The van der Waals surface area contributed by atoms with Gasteiger partial charge in [-0.3, -0.25) is 0 Å². The van der Waals surface area contributed by atoms with Crippen LogP contribution in [-0.4, -0.2) is 25.2 Å². The Labute approximate surface area is 120 Å². The minimum absolute atomic E-state index is 0.0278. The molecule has 1 aromatic carbocycles. The first-order chi connectivity index (χ1) is 9.56. The molecular formula is C14H11ClFNO3. The second-order valence-electron chi connectivity index (χ2n) is 3.89. The second-order valence-corrected chi connectivity index (χ2v) is 4.27. The van der Waals surface area contributed by atoms with E-state index in [2.05, 4.69) is 9.72 Å². The van der Waals surface area contributed by atoms with Crippen LogP contribution in [-0.2, 0) is 4.74 Å². The lowest BCUT2D eigenvalue weighted by atomic mass is 10.0. The van der Waals surface area contributed by atoms with Crippen LogP contribution in [0.1, 0.15) is 10.4 Å². The van der Waals surface area contributed by atoms with Crippen LogP contribution >= 0.6 is 11.6 Å². The normalized spacial score (nSPS) is 10.2. The zero-order valence-corrected chi connectivity index (χ0v) is 11.6. The topological polar surface area (TPSA) is 48.4 Å². The van der Waals surface area contributed by atoms with Gasteiger partial charge in [0.2, 0.25) is 5.88 Å². The van der Waals surface area contributed by atoms with Crippen molar-refractivity contribution in [3.63, 3.8) is 0 Å². The van der Waals surface area contributed by atoms with E-state index in [9.17, 15) is 9.18 Å². The highest BCUT2D eigenvalue weighted by Gasteiger charge is 2.17. The van der Waals surface area contributed by atoms with E-state index < -0.39 is 11.8 Å². The molecule has 2 aromatic rings. The van der Waals surface area contributed by atoms with Gasteiger partial charge in [0.05, 0.1) is 24.8 Å². The monoisotopic (exact) mass is 295 g/mol. The molecule has 0 unspecified atom stereocenters. The van der Waals surface area contributed by atoms with Crippen molar-refractivity contribution in [2.75, 3.05) is 14.2 Å². The molecule has 0 spiro atoms. The standard InChI is InChI=1S/C14H11ClFNO3/c1-19-12-5-8(3-4-17-12)10-6-9(16)7-11(13(10)15)14(18)20-2/h3-7H,1-2H3. The lowest BCUT2D eigenvalue weighted by Gasteiger charge is -2.10. The molecule has 0 bridgehead atoms. The summed E-state index contributed by atoms with van der Waals surface area (Å²) in [7, 11) is 2.68. The molecule has 0 aliphatic carbocycles. The van der Waals surface area contributed by atoms with Crippen LogP contribution in [0, 0.1) is 5.82 Å². The summed E-state index contributed by atoms with van der Waals surface area (Å²) in [4.78, 5) is 15.5. The molecular weight excluding hydrogens is 285 g/mol. The minimum Gasteiger partial charge on any atom is -0.481 e. The summed E-state index contributed by atoms with van der Waals surface area (Å²) in [6.07, 6.45) is 1.51. The molecule has 0 aliphatic rings. The summed E-state index contributed by atoms with van der Waals surface area (Å²) in [6.45, 7) is 0. The highest BCUT2D eigenvalue weighted by molar-refractivity contribution is 6.36. The average Bonchev–Trinajstić information content (AvgIpc) is 2.48. The van der Waals surface area contributed by atoms with Gasteiger partial charge >= 0.3 is 5.97 Å². The number of hydrogen-bond donors (Lipinski definition) is 0. The number of hydrogen-bond acceptors (Lipinski definition) is 4. The second kappa shape index (κ2) is 5.88. The zero-order chi connectivity index (χ0) is 14.7. The van der Waals surface area contributed by atoms with Gasteiger partial charge in [-0.05, 0) is 23.8 Å². The third-order valence-electron chi connectivity index (χ3n) is 2.70. The molecule has 0 fully saturated rings. The fourth-order valence-corrected chi connectivity index (χ4v) is 2.04. The summed E-state index contributed by atoms with van der Waals surface area (Å²) in [5.41, 5.74) is 0.930. The number of nitrogens with zero attached hydrogens (tertiary/aromatic N) is 1. The van der Waals surface area contributed by atoms with Gasteiger partial charge in [0.1, 0.15) is 5.82 Å². The Bertz CT molecular complexity index is 661. The van der Waals surface area contributed by atoms with Crippen LogP contribution < -0.4 is 4.74 Å². The van der Waals surface area contributed by atoms with E-state index in [1.165, 1.54) is 26.5 Å². The maximum atomic E-state index is 13.7. The van der Waals surface area contributed by atoms with Crippen LogP contribution in [0.25, 0.3) is 11.1 Å². The number of rotatable bonds is 3. The third kappa shape index (κ3) is 2.72. The fraction of sp³-hybridized carbons (Fsp3) is 0.143. The fourth-order valence-electron chi connectivity index (χ4n) is 1.75. The van der Waals surface area contributed by atoms with Crippen LogP contribution in [0.2, 0.25) is 5.02 Å². The van der Waals surface area contributed by atoms with Gasteiger partial charge in [-0.2, -0.15) is 0 Å². The largest absolute Gasteiger partial charge is 0.481 e. The summed E-state index contributed by atoms with van der Waals surface area (Å²) in [6, 6.07) is 5.52. The van der Waals surface area contributed by atoms with Crippen molar-refractivity contribution in [3.8, 4) is 17.0 Å². The number of benzene rings is 1. The van der Waals surface area contributed by atoms with Gasteiger partial charge < -0.3 is 9.47 Å². The SMILES string of the molecule is COC(=O)c1cc(F)cc(-c2ccnc(OC)c2)c1Cl. The number of aromatic nitrogens is 1. The maximum Gasteiger partial charge on any atom is 0.339 e. The van der Waals surface area contributed by atoms with Gasteiger partial charge in [0.25, 0.3) is 0 Å². The van der Waals surface area contributed by atoms with Crippen LogP contribution in [0.15, 0.2) is 30.5 Å². The van der Waals surface area contributed by atoms with E-state index >= 15 is 0 Å². The Morgan fingerprint density at radius 1 is 1.30 bits per heavy atom. The Kier molecular flexibility index (Phi) is 4.20. The van der Waals surface area contributed by atoms with Gasteiger partial charge in [-0.25, -0.2) is 14.2 Å². The van der Waals surface area contributed by atoms with Crippen molar-refractivity contribution in [3.05, 3.63) is 46.9 Å². The first-order valence-electron chi connectivity index (χ1n) is 5.64. The summed E-state index contributed by atoms with van der Waals surface area (Å²) < 4.78 is 23.2. The van der Waals surface area contributed by atoms with Crippen molar-refractivity contribution in [2.45, 2.75) is 0 Å². The predicted octanol–water partition coefficient (Wildman–Crippen LogP) is 3.34. The molecule has 0 aliphatic heterocycles. The van der Waals surface area contributed by atoms with Gasteiger partial charge in [-0.1, -0.05) is 11.6 Å². The van der Waals surface area contributed by atoms with Crippen LogP contribution in [0.5, 0.6) is 5.88 Å². The number of esters is 1. The molecule has 1 aromatic heterocycles. The number of methoxy groups -OCH3 is 2. The number of carbonyl (C=O) groups is 1. The van der Waals surface area contributed by atoms with Gasteiger partial charge in [0, 0.05) is 17.8 Å². The smallest absolute Gasteiger partial charge is 0.339 e. The third-order valence-corrected chi connectivity index (χ3v) is 3.10. The number of carbonyl (C=O) groups excluding carboxylic acids is 1. The molecule has 104 valence electrons. The average molecular weight is 296 g/mol. The Morgan fingerprint density at radius 2 is 2.05 bits per heavy atom. The zero-order valence-electron chi connectivity index (χ0n) is 10.8. The van der Waals surface area contributed by atoms with E-state index in [0.29, 0.717) is 17.0 Å². The number of halogens is 2. The molecule has 1 heterocycles. The number of ether oxygens (including phenoxy) is 2. The Morgan fingerprint density at radius 3 is 2.70 bits per heavy atom. The highest BCUT2D eigenvalue weighted by Crippen LogP contribution is 2.33. The summed E-state index contributed by atoms with van der Waals surface area (Å²) >= 11 is 6.16. The first kappa shape index (κ1) is 14.3. The quantitative estimate of drug-likeness (QED) is 0.815. The molecule has 4 nitrogen and oxygen atoms in total. The molecule has 0 atom stereocenters. The van der Waals surface area contributed by atoms with Gasteiger partial charge in [-0.15, -0.1) is 0 Å². The lowest BCUT2D eigenvalue weighted by molar-refractivity contribution is 0.0600. The van der Waals surface area contributed by atoms with Crippen molar-refractivity contribution >= 4 is 17.6 Å². The molecule has 0 saturated heterocycles. The molecule has 6 heteroatoms. The van der Waals surface area contributed by atoms with E-state index in [4.69, 9.17) is 16.3 Å². The van der Waals surface area contributed by atoms with Crippen molar-refractivity contribution in [1.82, 2.24) is 4.98 Å².